The van der Waals surface area contributed by atoms with Crippen molar-refractivity contribution in [2.24, 2.45) is 0 Å². The Morgan fingerprint density at radius 3 is 2.60 bits per heavy atom. The largest absolute Gasteiger partial charge is 0.466 e. The zero-order valence-corrected chi connectivity index (χ0v) is 6.60. The topological polar surface area (TPSA) is 43.4 Å². The summed E-state index contributed by atoms with van der Waals surface area (Å²) >= 11 is 0.955. The fourth-order valence-electron chi connectivity index (χ4n) is 0.335. The summed E-state index contributed by atoms with van der Waals surface area (Å²) in [6, 6.07) is 0. The first-order chi connectivity index (χ1) is 4.70. The van der Waals surface area contributed by atoms with Crippen molar-refractivity contribution in [3.8, 4) is 0 Å². The molecule has 0 amide bonds. The second-order valence-corrected chi connectivity index (χ2v) is 2.56. The van der Waals surface area contributed by atoms with Crippen molar-refractivity contribution < 1.29 is 14.3 Å². The summed E-state index contributed by atoms with van der Waals surface area (Å²) < 4.78 is 4.32. The van der Waals surface area contributed by atoms with Gasteiger partial charge >= 0.3 is 5.97 Å². The lowest BCUT2D eigenvalue weighted by molar-refractivity contribution is -0.134. The maximum absolute atomic E-state index is 10.5. The quantitative estimate of drug-likeness (QED) is 0.351. The summed E-state index contributed by atoms with van der Waals surface area (Å²) in [5.74, 6) is -0.438. The number of ether oxygens (including phenoxy) is 1. The third-order valence-corrected chi connectivity index (χ3v) is 1.34. The predicted molar refractivity (Wildman–Crippen MR) is 40.1 cm³/mol. The minimum absolute atomic E-state index is 0.438. The van der Waals surface area contributed by atoms with Crippen LogP contribution in [0.15, 0.2) is 11.0 Å². The van der Waals surface area contributed by atoms with E-state index in [-0.39, 0.29) is 0 Å². The van der Waals surface area contributed by atoms with Crippen LogP contribution in [0.1, 0.15) is 6.92 Å². The lowest BCUT2D eigenvalue weighted by Crippen LogP contribution is -1.94. The molecular formula is C6H8O3S. The number of hydrogen-bond donors (Lipinski definition) is 0. The van der Waals surface area contributed by atoms with Gasteiger partial charge in [-0.1, -0.05) is 11.8 Å². The summed E-state index contributed by atoms with van der Waals surface area (Å²) in [4.78, 5) is 21.0. The zero-order valence-electron chi connectivity index (χ0n) is 5.79. The summed E-state index contributed by atoms with van der Waals surface area (Å²) in [5, 5.41) is 0. The van der Waals surface area contributed by atoms with Gasteiger partial charge in [-0.05, 0) is 11.8 Å². The van der Waals surface area contributed by atoms with Gasteiger partial charge in [-0.3, -0.25) is 4.79 Å². The van der Waals surface area contributed by atoms with Crippen LogP contribution in [0.25, 0.3) is 0 Å². The highest BCUT2D eigenvalue weighted by Gasteiger charge is 1.94. The third-order valence-electron chi connectivity index (χ3n) is 0.756. The number of allylic oxidation sites excluding steroid dienone is 1. The fraction of sp³-hybridized carbons (Fsp3) is 0.333. The lowest BCUT2D eigenvalue weighted by Gasteiger charge is -1.91. The van der Waals surface area contributed by atoms with Gasteiger partial charge in [-0.15, -0.1) is 0 Å². The molecule has 0 aliphatic carbocycles. The van der Waals surface area contributed by atoms with Gasteiger partial charge in [0.2, 0.25) is 0 Å². The average Bonchev–Trinajstić information content (AvgIpc) is 1.88. The number of hydrogen-bond acceptors (Lipinski definition) is 4. The number of rotatable bonds is 3. The molecule has 0 heterocycles. The molecule has 0 atom stereocenters. The van der Waals surface area contributed by atoms with Gasteiger partial charge in [-0.2, -0.15) is 0 Å². The van der Waals surface area contributed by atoms with E-state index < -0.39 is 5.97 Å². The fourth-order valence-corrected chi connectivity index (χ4v) is 0.651. The van der Waals surface area contributed by atoms with Crippen LogP contribution in [0, 0.1) is 0 Å². The maximum Gasteiger partial charge on any atom is 0.331 e. The van der Waals surface area contributed by atoms with Crippen LogP contribution < -0.4 is 0 Å². The Balaban J connectivity index is 3.88. The normalized spacial score (nSPS) is 10.8. The van der Waals surface area contributed by atoms with E-state index >= 15 is 0 Å². The molecule has 0 spiro atoms. The van der Waals surface area contributed by atoms with E-state index in [1.54, 1.807) is 6.92 Å². The first kappa shape index (κ1) is 9.23. The Hall–Kier alpha value is -0.770. The molecule has 0 aliphatic rings. The molecule has 0 unspecified atom stereocenters. The van der Waals surface area contributed by atoms with Crippen molar-refractivity contribution in [3.63, 3.8) is 0 Å². The Labute approximate surface area is 63.4 Å². The monoisotopic (exact) mass is 160 g/mol. The molecule has 0 radical (unpaired) electrons. The van der Waals surface area contributed by atoms with Gasteiger partial charge in [0.25, 0.3) is 0 Å². The van der Waals surface area contributed by atoms with Gasteiger partial charge in [0, 0.05) is 6.08 Å². The second-order valence-electron chi connectivity index (χ2n) is 1.49. The molecule has 10 heavy (non-hydrogen) atoms. The number of thioether (sulfide) groups is 1. The molecule has 0 aliphatic heterocycles. The van der Waals surface area contributed by atoms with Crippen LogP contribution in [0.2, 0.25) is 0 Å². The van der Waals surface area contributed by atoms with Crippen LogP contribution in [0.5, 0.6) is 0 Å². The SMILES string of the molecule is COC(=O)/C=C(\C)SC=O. The molecule has 0 saturated carbocycles. The molecule has 0 bridgehead atoms. The number of carbonyl (C=O) groups is 2. The van der Waals surface area contributed by atoms with Crippen LogP contribution in [0.4, 0.5) is 0 Å². The number of methoxy groups -OCH3 is 1. The molecule has 0 N–H and O–H groups in total. The molecule has 4 heteroatoms. The van der Waals surface area contributed by atoms with Crippen LogP contribution >= 0.6 is 11.8 Å². The second kappa shape index (κ2) is 5.05. The molecule has 56 valence electrons. The number of carbonyl (C=O) groups excluding carboxylic acids is 2. The van der Waals surface area contributed by atoms with E-state index in [9.17, 15) is 9.59 Å². The highest BCUT2D eigenvalue weighted by Crippen LogP contribution is 2.09. The predicted octanol–water partition coefficient (Wildman–Crippen LogP) is 0.987. The Morgan fingerprint density at radius 1 is 1.60 bits per heavy atom. The van der Waals surface area contributed by atoms with Crippen molar-refractivity contribution in [2.75, 3.05) is 7.11 Å². The van der Waals surface area contributed by atoms with Crippen molar-refractivity contribution >= 4 is 23.3 Å². The zero-order chi connectivity index (χ0) is 7.98. The standard InChI is InChI=1S/C6H8O3S/c1-5(10-4-7)3-6(8)9-2/h3-4H,1-2H3/b5-3+. The molecule has 0 saturated heterocycles. The van der Waals surface area contributed by atoms with Gasteiger partial charge in [0.15, 0.2) is 5.62 Å². The van der Waals surface area contributed by atoms with Gasteiger partial charge < -0.3 is 4.74 Å². The molecule has 0 aromatic rings. The maximum atomic E-state index is 10.5. The van der Waals surface area contributed by atoms with Crippen LogP contribution in [-0.2, 0) is 14.3 Å². The Bertz CT molecular complexity index is 162. The first-order valence-corrected chi connectivity index (χ1v) is 3.45. The third kappa shape index (κ3) is 4.14. The molecule has 0 rings (SSSR count). The number of esters is 1. The summed E-state index contributed by atoms with van der Waals surface area (Å²) in [6.45, 7) is 1.66. The first-order valence-electron chi connectivity index (χ1n) is 2.57. The van der Waals surface area contributed by atoms with E-state index in [1.807, 2.05) is 0 Å². The van der Waals surface area contributed by atoms with Crippen molar-refractivity contribution in [2.45, 2.75) is 6.92 Å². The van der Waals surface area contributed by atoms with E-state index in [0.29, 0.717) is 10.5 Å². The molecule has 0 aromatic heterocycles. The van der Waals surface area contributed by atoms with Crippen LogP contribution in [0.3, 0.4) is 0 Å². The van der Waals surface area contributed by atoms with E-state index in [0.717, 1.165) is 11.8 Å². The Kier molecular flexibility index (Phi) is 4.66. The van der Waals surface area contributed by atoms with E-state index in [1.165, 1.54) is 13.2 Å². The summed E-state index contributed by atoms with van der Waals surface area (Å²) in [7, 11) is 1.29. The lowest BCUT2D eigenvalue weighted by atomic mass is 10.5. The summed E-state index contributed by atoms with van der Waals surface area (Å²) in [5.41, 5.74) is 0.661. The molecule has 3 nitrogen and oxygen atoms in total. The van der Waals surface area contributed by atoms with Gasteiger partial charge in [0.05, 0.1) is 7.11 Å². The van der Waals surface area contributed by atoms with Crippen molar-refractivity contribution in [3.05, 3.63) is 11.0 Å². The summed E-state index contributed by atoms with van der Waals surface area (Å²) in [6.07, 6.45) is 1.26. The van der Waals surface area contributed by atoms with Crippen molar-refractivity contribution in [1.82, 2.24) is 0 Å². The van der Waals surface area contributed by atoms with Crippen molar-refractivity contribution in [1.29, 1.82) is 0 Å². The Morgan fingerprint density at radius 2 is 2.20 bits per heavy atom. The highest BCUT2D eigenvalue weighted by atomic mass is 32.2. The van der Waals surface area contributed by atoms with E-state index in [4.69, 9.17) is 0 Å². The smallest absolute Gasteiger partial charge is 0.331 e. The molecule has 0 fully saturated rings. The van der Waals surface area contributed by atoms with Gasteiger partial charge in [-0.25, -0.2) is 4.79 Å². The average molecular weight is 160 g/mol. The minimum Gasteiger partial charge on any atom is -0.466 e. The minimum atomic E-state index is -0.438. The molecule has 0 aromatic carbocycles. The van der Waals surface area contributed by atoms with Crippen LogP contribution in [-0.4, -0.2) is 18.7 Å². The van der Waals surface area contributed by atoms with Gasteiger partial charge in [0.1, 0.15) is 0 Å². The molecular weight excluding hydrogens is 152 g/mol. The van der Waals surface area contributed by atoms with E-state index in [2.05, 4.69) is 4.74 Å². The highest BCUT2D eigenvalue weighted by molar-refractivity contribution is 8.15.